The third-order valence-corrected chi connectivity index (χ3v) is 4.65. The largest absolute Gasteiger partial charge is 0.335 e. The Hall–Kier alpha value is -1.35. The number of likely N-dealkylation sites (tertiary alicyclic amines) is 1. The van der Waals surface area contributed by atoms with Crippen molar-refractivity contribution in [1.29, 1.82) is 0 Å². The first-order valence-electron chi connectivity index (χ1n) is 7.83. The number of carbonyl (C=O) groups is 1. The minimum atomic E-state index is 0.238. The van der Waals surface area contributed by atoms with Crippen LogP contribution < -0.4 is 5.32 Å². The first kappa shape index (κ1) is 13.6. The number of amides is 1. The summed E-state index contributed by atoms with van der Waals surface area (Å²) in [6, 6.07) is 8.94. The molecule has 3 heteroatoms. The molecule has 0 aliphatic carbocycles. The Morgan fingerprint density at radius 3 is 2.80 bits per heavy atom. The summed E-state index contributed by atoms with van der Waals surface area (Å²) < 4.78 is 0. The highest BCUT2D eigenvalue weighted by Gasteiger charge is 2.34. The van der Waals surface area contributed by atoms with Crippen LogP contribution in [0, 0.1) is 12.8 Å². The summed E-state index contributed by atoms with van der Waals surface area (Å²) in [5.74, 6) is 0.622. The maximum atomic E-state index is 12.8. The van der Waals surface area contributed by atoms with Crippen molar-refractivity contribution in [2.45, 2.75) is 38.6 Å². The zero-order chi connectivity index (χ0) is 13.9. The average molecular weight is 272 g/mol. The second kappa shape index (κ2) is 5.96. The summed E-state index contributed by atoms with van der Waals surface area (Å²) in [6.45, 7) is 5.03. The molecule has 1 aromatic carbocycles. The fourth-order valence-electron chi connectivity index (χ4n) is 3.56. The van der Waals surface area contributed by atoms with Gasteiger partial charge in [-0.25, -0.2) is 0 Å². The van der Waals surface area contributed by atoms with E-state index in [0.717, 1.165) is 45.3 Å². The number of hydrogen-bond donors (Lipinski definition) is 1. The van der Waals surface area contributed by atoms with Crippen molar-refractivity contribution in [3.8, 4) is 0 Å². The molecule has 2 heterocycles. The van der Waals surface area contributed by atoms with E-state index in [9.17, 15) is 4.79 Å². The van der Waals surface area contributed by atoms with E-state index < -0.39 is 0 Å². The van der Waals surface area contributed by atoms with E-state index in [1.165, 1.54) is 11.1 Å². The van der Waals surface area contributed by atoms with Crippen molar-refractivity contribution < 1.29 is 4.79 Å². The SMILES string of the molecule is Cc1cccc(C2CCCN2C(=O)C2CCNCC2)c1. The fraction of sp³-hybridized carbons (Fsp3) is 0.588. The van der Waals surface area contributed by atoms with Gasteiger partial charge in [0.05, 0.1) is 6.04 Å². The third-order valence-electron chi connectivity index (χ3n) is 4.65. The van der Waals surface area contributed by atoms with Crippen LogP contribution in [0.3, 0.4) is 0 Å². The van der Waals surface area contributed by atoms with Crippen LogP contribution in [0.4, 0.5) is 0 Å². The third kappa shape index (κ3) is 2.73. The lowest BCUT2D eigenvalue weighted by atomic mass is 9.95. The van der Waals surface area contributed by atoms with Crippen molar-refractivity contribution in [3.63, 3.8) is 0 Å². The molecule has 0 saturated carbocycles. The number of rotatable bonds is 2. The Bertz CT molecular complexity index is 480. The molecular weight excluding hydrogens is 248 g/mol. The summed E-state index contributed by atoms with van der Waals surface area (Å²) in [7, 11) is 0. The zero-order valence-corrected chi connectivity index (χ0v) is 12.3. The number of carbonyl (C=O) groups excluding carboxylic acids is 1. The molecule has 0 aromatic heterocycles. The van der Waals surface area contributed by atoms with Crippen molar-refractivity contribution in [3.05, 3.63) is 35.4 Å². The van der Waals surface area contributed by atoms with Gasteiger partial charge in [-0.1, -0.05) is 29.8 Å². The molecule has 0 spiro atoms. The Morgan fingerprint density at radius 2 is 2.05 bits per heavy atom. The molecule has 1 aromatic rings. The normalized spacial score (nSPS) is 24.1. The Kier molecular flexibility index (Phi) is 4.06. The summed E-state index contributed by atoms with van der Waals surface area (Å²) in [6.07, 6.45) is 4.24. The Balaban J connectivity index is 1.76. The minimum absolute atomic E-state index is 0.238. The molecule has 0 radical (unpaired) electrons. The van der Waals surface area contributed by atoms with Crippen LogP contribution >= 0.6 is 0 Å². The van der Waals surface area contributed by atoms with Crippen LogP contribution in [0.2, 0.25) is 0 Å². The van der Waals surface area contributed by atoms with Crippen LogP contribution in [0.25, 0.3) is 0 Å². The number of piperidine rings is 1. The van der Waals surface area contributed by atoms with E-state index in [2.05, 4.69) is 41.4 Å². The van der Waals surface area contributed by atoms with Gasteiger partial charge in [-0.05, 0) is 51.3 Å². The molecule has 3 nitrogen and oxygen atoms in total. The molecule has 1 N–H and O–H groups in total. The molecule has 2 aliphatic heterocycles. The number of benzene rings is 1. The molecule has 1 amide bonds. The standard InChI is InChI=1S/C17H24N2O/c1-13-4-2-5-15(12-13)16-6-3-11-19(16)17(20)14-7-9-18-10-8-14/h2,4-5,12,14,16,18H,3,6-11H2,1H3. The van der Waals surface area contributed by atoms with Crippen molar-refractivity contribution >= 4 is 5.91 Å². The smallest absolute Gasteiger partial charge is 0.226 e. The first-order valence-corrected chi connectivity index (χ1v) is 7.83. The number of hydrogen-bond acceptors (Lipinski definition) is 2. The molecular formula is C17H24N2O. The second-order valence-corrected chi connectivity index (χ2v) is 6.13. The predicted octanol–water partition coefficient (Wildman–Crippen LogP) is 2.66. The zero-order valence-electron chi connectivity index (χ0n) is 12.3. The van der Waals surface area contributed by atoms with Gasteiger partial charge in [0.1, 0.15) is 0 Å². The monoisotopic (exact) mass is 272 g/mol. The Labute approximate surface area is 121 Å². The fourth-order valence-corrected chi connectivity index (χ4v) is 3.56. The Morgan fingerprint density at radius 1 is 1.25 bits per heavy atom. The van der Waals surface area contributed by atoms with Crippen molar-refractivity contribution in [2.75, 3.05) is 19.6 Å². The molecule has 20 heavy (non-hydrogen) atoms. The van der Waals surface area contributed by atoms with Gasteiger partial charge in [0.2, 0.25) is 5.91 Å². The first-order chi connectivity index (χ1) is 9.75. The highest BCUT2D eigenvalue weighted by molar-refractivity contribution is 5.79. The molecule has 1 unspecified atom stereocenters. The van der Waals surface area contributed by atoms with Crippen LogP contribution in [-0.4, -0.2) is 30.4 Å². The van der Waals surface area contributed by atoms with Crippen LogP contribution in [0.15, 0.2) is 24.3 Å². The quantitative estimate of drug-likeness (QED) is 0.897. The maximum Gasteiger partial charge on any atom is 0.226 e. The average Bonchev–Trinajstić information content (AvgIpc) is 2.97. The molecule has 2 aliphatic rings. The maximum absolute atomic E-state index is 12.8. The van der Waals surface area contributed by atoms with Gasteiger partial charge in [0.25, 0.3) is 0 Å². The van der Waals surface area contributed by atoms with E-state index in [0.29, 0.717) is 11.9 Å². The van der Waals surface area contributed by atoms with Crippen LogP contribution in [-0.2, 0) is 4.79 Å². The van der Waals surface area contributed by atoms with Gasteiger partial charge in [0, 0.05) is 12.5 Å². The van der Waals surface area contributed by atoms with Gasteiger partial charge < -0.3 is 10.2 Å². The summed E-state index contributed by atoms with van der Waals surface area (Å²) >= 11 is 0. The highest BCUT2D eigenvalue weighted by Crippen LogP contribution is 2.34. The predicted molar refractivity (Wildman–Crippen MR) is 80.5 cm³/mol. The van der Waals surface area contributed by atoms with Crippen LogP contribution in [0.5, 0.6) is 0 Å². The van der Waals surface area contributed by atoms with Gasteiger partial charge in [0.15, 0.2) is 0 Å². The van der Waals surface area contributed by atoms with E-state index in [1.807, 2.05) is 0 Å². The molecule has 108 valence electrons. The van der Waals surface area contributed by atoms with E-state index in [4.69, 9.17) is 0 Å². The van der Waals surface area contributed by atoms with Gasteiger partial charge in [-0.3, -0.25) is 4.79 Å². The molecule has 0 bridgehead atoms. The number of nitrogens with one attached hydrogen (secondary N) is 1. The molecule has 2 saturated heterocycles. The molecule has 2 fully saturated rings. The van der Waals surface area contributed by atoms with Gasteiger partial charge >= 0.3 is 0 Å². The van der Waals surface area contributed by atoms with Crippen molar-refractivity contribution in [1.82, 2.24) is 10.2 Å². The van der Waals surface area contributed by atoms with E-state index >= 15 is 0 Å². The lowest BCUT2D eigenvalue weighted by molar-refractivity contribution is -0.137. The lowest BCUT2D eigenvalue weighted by Gasteiger charge is -2.31. The summed E-state index contributed by atoms with van der Waals surface area (Å²) in [5, 5.41) is 3.34. The topological polar surface area (TPSA) is 32.3 Å². The minimum Gasteiger partial charge on any atom is -0.335 e. The molecule has 3 rings (SSSR count). The summed E-state index contributed by atoms with van der Waals surface area (Å²) in [5.41, 5.74) is 2.59. The van der Waals surface area contributed by atoms with Gasteiger partial charge in [-0.2, -0.15) is 0 Å². The summed E-state index contributed by atoms with van der Waals surface area (Å²) in [4.78, 5) is 14.9. The van der Waals surface area contributed by atoms with Gasteiger partial charge in [-0.15, -0.1) is 0 Å². The van der Waals surface area contributed by atoms with E-state index in [1.54, 1.807) is 0 Å². The number of nitrogens with zero attached hydrogens (tertiary/aromatic N) is 1. The second-order valence-electron chi connectivity index (χ2n) is 6.13. The highest BCUT2D eigenvalue weighted by atomic mass is 16.2. The van der Waals surface area contributed by atoms with Crippen LogP contribution in [0.1, 0.15) is 42.9 Å². The van der Waals surface area contributed by atoms with Crippen molar-refractivity contribution in [2.24, 2.45) is 5.92 Å². The molecule has 1 atom stereocenters. The number of aryl methyl sites for hydroxylation is 1. The van der Waals surface area contributed by atoms with E-state index in [-0.39, 0.29) is 5.92 Å². The lowest BCUT2D eigenvalue weighted by Crippen LogP contribution is -2.40.